The topological polar surface area (TPSA) is 6.48 Å². The maximum atomic E-state index is 5.98. The lowest BCUT2D eigenvalue weighted by Crippen LogP contribution is -2.20. The standard InChI is InChI=1S/C47H40N2/c1-5-28-48(42-25-24-35-14-7-8-16-37(35)30-42)40-20-13-21-41(33-40)49(29-6-2)43-26-27-44-38(31-43)18-11-19-39(44)32-47(34(3)4)46-23-12-17-36-15-9-10-22-45(36)46/h1-2,7-27,30-31,33-34,47H,28-29,32H2,3-4H3. The minimum absolute atomic E-state index is 0.394. The number of hydrogen-bond donors (Lipinski definition) is 0. The van der Waals surface area contributed by atoms with Gasteiger partial charge < -0.3 is 9.80 Å². The number of hydrogen-bond acceptors (Lipinski definition) is 2. The molecule has 0 saturated carbocycles. The summed E-state index contributed by atoms with van der Waals surface area (Å²) >= 11 is 0. The van der Waals surface area contributed by atoms with Gasteiger partial charge in [0.2, 0.25) is 0 Å². The Kier molecular flexibility index (Phi) is 9.06. The van der Waals surface area contributed by atoms with E-state index in [0.717, 1.165) is 29.2 Å². The minimum Gasteiger partial charge on any atom is -0.330 e. The Labute approximate surface area is 290 Å². The third-order valence-electron chi connectivity index (χ3n) is 9.73. The highest BCUT2D eigenvalue weighted by atomic mass is 15.2. The van der Waals surface area contributed by atoms with E-state index in [1.54, 1.807) is 0 Å². The molecule has 0 bridgehead atoms. The van der Waals surface area contributed by atoms with E-state index in [1.165, 1.54) is 43.4 Å². The number of benzene rings is 7. The monoisotopic (exact) mass is 632 g/mol. The zero-order valence-corrected chi connectivity index (χ0v) is 28.2. The predicted molar refractivity (Wildman–Crippen MR) is 211 cm³/mol. The molecule has 7 aromatic rings. The molecule has 1 unspecified atom stereocenters. The van der Waals surface area contributed by atoms with Crippen molar-refractivity contribution >= 4 is 55.1 Å². The SMILES string of the molecule is C#CCN(c1cccc(N(CC#C)c2ccc3c(CC(c4cccc5ccccc45)C(C)C)cccc3c2)c1)c1ccc2ccccc2c1. The van der Waals surface area contributed by atoms with Crippen molar-refractivity contribution in [3.63, 3.8) is 0 Å². The summed E-state index contributed by atoms with van der Waals surface area (Å²) in [5, 5.41) is 7.51. The van der Waals surface area contributed by atoms with Crippen LogP contribution in [0.2, 0.25) is 0 Å². The molecule has 7 aromatic carbocycles. The van der Waals surface area contributed by atoms with E-state index in [0.29, 0.717) is 24.9 Å². The fraction of sp³-hybridized carbons (Fsp3) is 0.149. The molecule has 0 aliphatic carbocycles. The van der Waals surface area contributed by atoms with Crippen molar-refractivity contribution in [2.75, 3.05) is 22.9 Å². The Bertz CT molecular complexity index is 2350. The maximum Gasteiger partial charge on any atom is 0.0840 e. The molecule has 2 heteroatoms. The first kappa shape index (κ1) is 31.6. The summed E-state index contributed by atoms with van der Waals surface area (Å²) in [5.41, 5.74) is 6.93. The Morgan fingerprint density at radius 2 is 1.04 bits per heavy atom. The molecule has 7 rings (SSSR count). The van der Waals surface area contributed by atoms with E-state index < -0.39 is 0 Å². The van der Waals surface area contributed by atoms with Gasteiger partial charge in [-0.15, -0.1) is 12.8 Å². The van der Waals surface area contributed by atoms with Crippen LogP contribution in [0.25, 0.3) is 32.3 Å². The van der Waals surface area contributed by atoms with Crippen LogP contribution in [0, 0.1) is 30.6 Å². The van der Waals surface area contributed by atoms with Gasteiger partial charge in [0, 0.05) is 22.7 Å². The number of fused-ring (bicyclic) bond motifs is 3. The molecule has 0 spiro atoms. The Morgan fingerprint density at radius 3 is 1.76 bits per heavy atom. The number of nitrogens with zero attached hydrogens (tertiary/aromatic N) is 2. The molecule has 0 fully saturated rings. The molecule has 0 aliphatic rings. The molecule has 2 nitrogen and oxygen atoms in total. The lowest BCUT2D eigenvalue weighted by molar-refractivity contribution is 0.499. The highest BCUT2D eigenvalue weighted by Crippen LogP contribution is 2.38. The molecule has 0 saturated heterocycles. The van der Waals surface area contributed by atoms with Gasteiger partial charge in [-0.05, 0) is 104 Å². The van der Waals surface area contributed by atoms with Gasteiger partial charge in [-0.1, -0.05) is 129 Å². The van der Waals surface area contributed by atoms with Crippen LogP contribution in [0.15, 0.2) is 146 Å². The molecule has 238 valence electrons. The van der Waals surface area contributed by atoms with Gasteiger partial charge in [0.15, 0.2) is 0 Å². The van der Waals surface area contributed by atoms with E-state index >= 15 is 0 Å². The fourth-order valence-corrected chi connectivity index (χ4v) is 7.22. The van der Waals surface area contributed by atoms with Gasteiger partial charge >= 0.3 is 0 Å². The van der Waals surface area contributed by atoms with E-state index in [2.05, 4.69) is 181 Å². The first-order chi connectivity index (χ1) is 24.0. The molecule has 0 heterocycles. The van der Waals surface area contributed by atoms with Gasteiger partial charge in [0.1, 0.15) is 0 Å². The quantitative estimate of drug-likeness (QED) is 0.138. The second-order valence-corrected chi connectivity index (χ2v) is 13.1. The average molecular weight is 633 g/mol. The second-order valence-electron chi connectivity index (χ2n) is 13.1. The number of rotatable bonds is 10. The van der Waals surface area contributed by atoms with Crippen LogP contribution >= 0.6 is 0 Å². The van der Waals surface area contributed by atoms with Crippen molar-refractivity contribution in [1.29, 1.82) is 0 Å². The van der Waals surface area contributed by atoms with Crippen LogP contribution in [0.3, 0.4) is 0 Å². The first-order valence-corrected chi connectivity index (χ1v) is 17.0. The lowest BCUT2D eigenvalue weighted by atomic mass is 9.80. The van der Waals surface area contributed by atoms with Gasteiger partial charge in [-0.3, -0.25) is 0 Å². The summed E-state index contributed by atoms with van der Waals surface area (Å²) in [6.07, 6.45) is 12.8. The normalized spacial score (nSPS) is 11.8. The first-order valence-electron chi connectivity index (χ1n) is 17.0. The molecule has 1 atom stereocenters. The minimum atomic E-state index is 0.394. The van der Waals surface area contributed by atoms with Crippen LogP contribution in [-0.4, -0.2) is 13.1 Å². The summed E-state index contributed by atoms with van der Waals surface area (Å²) in [5.74, 6) is 6.65. The maximum absolute atomic E-state index is 5.98. The molecule has 0 N–H and O–H groups in total. The Hall–Kier alpha value is -5.96. The summed E-state index contributed by atoms with van der Waals surface area (Å²) in [4.78, 5) is 4.38. The smallest absolute Gasteiger partial charge is 0.0840 e. The van der Waals surface area contributed by atoms with Crippen LogP contribution in [-0.2, 0) is 6.42 Å². The highest BCUT2D eigenvalue weighted by molar-refractivity contribution is 5.91. The van der Waals surface area contributed by atoms with Crippen molar-refractivity contribution in [2.45, 2.75) is 26.2 Å². The molecule has 0 aromatic heterocycles. The Morgan fingerprint density at radius 1 is 0.490 bits per heavy atom. The predicted octanol–water partition coefficient (Wildman–Crippen LogP) is 11.7. The number of anilines is 4. The summed E-state index contributed by atoms with van der Waals surface area (Å²) < 4.78 is 0. The van der Waals surface area contributed by atoms with Gasteiger partial charge in [-0.2, -0.15) is 0 Å². The van der Waals surface area contributed by atoms with E-state index in [-0.39, 0.29) is 0 Å². The highest BCUT2D eigenvalue weighted by Gasteiger charge is 2.20. The third kappa shape index (κ3) is 6.47. The zero-order chi connectivity index (χ0) is 33.7. The van der Waals surface area contributed by atoms with Crippen LogP contribution in [0.1, 0.15) is 30.9 Å². The third-order valence-corrected chi connectivity index (χ3v) is 9.73. The summed E-state index contributed by atoms with van der Waals surface area (Å²) in [7, 11) is 0. The largest absolute Gasteiger partial charge is 0.330 e. The van der Waals surface area contributed by atoms with E-state index in [9.17, 15) is 0 Å². The zero-order valence-electron chi connectivity index (χ0n) is 28.2. The van der Waals surface area contributed by atoms with Gasteiger partial charge in [-0.25, -0.2) is 0 Å². The molecule has 0 aliphatic heterocycles. The van der Waals surface area contributed by atoms with Crippen molar-refractivity contribution in [1.82, 2.24) is 0 Å². The molecule has 0 amide bonds. The van der Waals surface area contributed by atoms with Crippen LogP contribution in [0.5, 0.6) is 0 Å². The summed E-state index contributed by atoms with van der Waals surface area (Å²) in [6, 6.07) is 52.3. The molecular formula is C47H40N2. The van der Waals surface area contributed by atoms with Gasteiger partial charge in [0.05, 0.1) is 13.1 Å². The van der Waals surface area contributed by atoms with E-state index in [1.807, 2.05) is 0 Å². The lowest BCUT2D eigenvalue weighted by Gasteiger charge is -2.27. The van der Waals surface area contributed by atoms with Crippen molar-refractivity contribution in [3.8, 4) is 24.7 Å². The van der Waals surface area contributed by atoms with Crippen molar-refractivity contribution < 1.29 is 0 Å². The molecule has 0 radical (unpaired) electrons. The number of terminal acetylenes is 2. The van der Waals surface area contributed by atoms with Crippen molar-refractivity contribution in [3.05, 3.63) is 157 Å². The second kappa shape index (κ2) is 14.0. The molecule has 49 heavy (non-hydrogen) atoms. The van der Waals surface area contributed by atoms with Crippen molar-refractivity contribution in [2.24, 2.45) is 5.92 Å². The fourth-order valence-electron chi connectivity index (χ4n) is 7.22. The summed E-state index contributed by atoms with van der Waals surface area (Å²) in [6.45, 7) is 5.57. The van der Waals surface area contributed by atoms with E-state index in [4.69, 9.17) is 12.8 Å². The molecular weight excluding hydrogens is 593 g/mol. The Balaban J connectivity index is 1.23. The average Bonchev–Trinajstić information content (AvgIpc) is 3.14. The van der Waals surface area contributed by atoms with Crippen LogP contribution < -0.4 is 9.80 Å². The van der Waals surface area contributed by atoms with Gasteiger partial charge in [0.25, 0.3) is 0 Å². The van der Waals surface area contributed by atoms with Crippen LogP contribution in [0.4, 0.5) is 22.7 Å².